The Bertz CT molecular complexity index is 376. The van der Waals surface area contributed by atoms with Crippen LogP contribution in [0.3, 0.4) is 0 Å². The van der Waals surface area contributed by atoms with Crippen LogP contribution in [0.25, 0.3) is 0 Å². The Labute approximate surface area is 101 Å². The van der Waals surface area contributed by atoms with Crippen LogP contribution in [0.2, 0.25) is 0 Å². The van der Waals surface area contributed by atoms with Crippen LogP contribution in [-0.2, 0) is 0 Å². The van der Waals surface area contributed by atoms with Crippen LogP contribution in [0.1, 0.15) is 30.8 Å². The van der Waals surface area contributed by atoms with Gasteiger partial charge < -0.3 is 15.8 Å². The Morgan fingerprint density at radius 3 is 2.71 bits per heavy atom. The molecular weight excluding hydrogens is 220 g/mol. The number of hydrogen-bond donors (Lipinski definition) is 2. The Morgan fingerprint density at radius 2 is 2.24 bits per heavy atom. The zero-order chi connectivity index (χ0) is 12.9. The molecule has 6 nitrogen and oxygen atoms in total. The van der Waals surface area contributed by atoms with E-state index < -0.39 is 0 Å². The highest BCUT2D eigenvalue weighted by atomic mass is 16.5. The van der Waals surface area contributed by atoms with Crippen LogP contribution >= 0.6 is 0 Å². The predicted molar refractivity (Wildman–Crippen MR) is 63.8 cm³/mol. The molecule has 1 amide bonds. The summed E-state index contributed by atoms with van der Waals surface area (Å²) < 4.78 is 5.40. The highest BCUT2D eigenvalue weighted by molar-refractivity contribution is 5.91. The molecule has 1 aromatic rings. The molecule has 0 saturated heterocycles. The van der Waals surface area contributed by atoms with Crippen molar-refractivity contribution in [2.75, 3.05) is 13.7 Å². The number of ether oxygens (including phenoxy) is 1. The van der Waals surface area contributed by atoms with Gasteiger partial charge in [0.15, 0.2) is 5.69 Å². The number of nitrogens with zero attached hydrogens (tertiary/aromatic N) is 2. The van der Waals surface area contributed by atoms with Crippen LogP contribution in [0.5, 0.6) is 5.88 Å². The fourth-order valence-corrected chi connectivity index (χ4v) is 0.987. The zero-order valence-corrected chi connectivity index (χ0v) is 10.4. The monoisotopic (exact) mass is 238 g/mol. The Hall–Kier alpha value is -1.69. The van der Waals surface area contributed by atoms with Gasteiger partial charge in [0.1, 0.15) is 6.61 Å². The van der Waals surface area contributed by atoms with E-state index in [-0.39, 0.29) is 17.1 Å². The van der Waals surface area contributed by atoms with E-state index in [2.05, 4.69) is 15.5 Å². The van der Waals surface area contributed by atoms with Crippen molar-refractivity contribution in [2.24, 2.45) is 5.73 Å². The molecular formula is C11H18N4O2. The fourth-order valence-electron chi connectivity index (χ4n) is 0.987. The van der Waals surface area contributed by atoms with E-state index in [0.717, 1.165) is 6.42 Å². The van der Waals surface area contributed by atoms with Crippen LogP contribution in [-0.4, -0.2) is 35.3 Å². The average molecular weight is 238 g/mol. The maximum atomic E-state index is 11.2. The van der Waals surface area contributed by atoms with Gasteiger partial charge >= 0.3 is 0 Å². The largest absolute Gasteiger partial charge is 0.475 e. The second kappa shape index (κ2) is 5.58. The lowest BCUT2D eigenvalue weighted by Crippen LogP contribution is -2.41. The maximum Gasteiger partial charge on any atom is 0.271 e. The van der Waals surface area contributed by atoms with Crippen LogP contribution in [0, 0.1) is 0 Å². The van der Waals surface area contributed by atoms with E-state index in [1.165, 1.54) is 7.05 Å². The molecule has 17 heavy (non-hydrogen) atoms. The standard InChI is InChI=1S/C11H18N4O2/c1-4-11(2,12)7-17-9-6-5-8(14-15-9)10(16)13-3/h5-6H,4,7,12H2,1-3H3,(H,13,16). The number of carbonyl (C=O) groups excluding carboxylic acids is 1. The second-order valence-electron chi connectivity index (χ2n) is 4.13. The van der Waals surface area contributed by atoms with E-state index >= 15 is 0 Å². The first-order valence-corrected chi connectivity index (χ1v) is 5.46. The Kier molecular flexibility index (Phi) is 4.39. The first-order valence-electron chi connectivity index (χ1n) is 5.46. The van der Waals surface area contributed by atoms with Gasteiger partial charge in [0.2, 0.25) is 5.88 Å². The summed E-state index contributed by atoms with van der Waals surface area (Å²) in [7, 11) is 1.54. The molecule has 1 unspecified atom stereocenters. The van der Waals surface area contributed by atoms with Gasteiger partial charge in [-0.3, -0.25) is 4.79 Å². The molecule has 0 aromatic carbocycles. The molecule has 1 rings (SSSR count). The topological polar surface area (TPSA) is 90.1 Å². The van der Waals surface area contributed by atoms with Gasteiger partial charge in [0, 0.05) is 18.7 Å². The molecule has 0 aliphatic rings. The number of hydrogen-bond acceptors (Lipinski definition) is 5. The van der Waals surface area contributed by atoms with Gasteiger partial charge in [-0.15, -0.1) is 10.2 Å². The van der Waals surface area contributed by atoms with Crippen LogP contribution in [0.4, 0.5) is 0 Å². The van der Waals surface area contributed by atoms with Crippen molar-refractivity contribution in [1.29, 1.82) is 0 Å². The molecule has 0 saturated carbocycles. The summed E-state index contributed by atoms with van der Waals surface area (Å²) in [5.74, 6) is 0.0871. The lowest BCUT2D eigenvalue weighted by molar-refractivity contribution is 0.0956. The quantitative estimate of drug-likeness (QED) is 0.772. The van der Waals surface area contributed by atoms with Gasteiger partial charge in [0.25, 0.3) is 5.91 Å². The SMILES string of the molecule is CCC(C)(N)COc1ccc(C(=O)NC)nn1. The van der Waals surface area contributed by atoms with Gasteiger partial charge in [-0.05, 0) is 19.4 Å². The molecule has 1 atom stereocenters. The fraction of sp³-hybridized carbons (Fsp3) is 0.545. The number of nitrogens with one attached hydrogen (secondary N) is 1. The number of aromatic nitrogens is 2. The minimum Gasteiger partial charge on any atom is -0.475 e. The van der Waals surface area contributed by atoms with Crippen molar-refractivity contribution in [3.8, 4) is 5.88 Å². The summed E-state index contributed by atoms with van der Waals surface area (Å²) in [6.45, 7) is 4.25. The van der Waals surface area contributed by atoms with E-state index in [9.17, 15) is 4.79 Å². The molecule has 0 aliphatic heterocycles. The van der Waals surface area contributed by atoms with Gasteiger partial charge in [0.05, 0.1) is 0 Å². The minimum absolute atomic E-state index is 0.255. The van der Waals surface area contributed by atoms with E-state index in [4.69, 9.17) is 10.5 Å². The molecule has 0 radical (unpaired) electrons. The Morgan fingerprint density at radius 1 is 1.53 bits per heavy atom. The van der Waals surface area contributed by atoms with E-state index in [1.807, 2.05) is 13.8 Å². The van der Waals surface area contributed by atoms with Crippen molar-refractivity contribution in [2.45, 2.75) is 25.8 Å². The number of nitrogens with two attached hydrogens (primary N) is 1. The lowest BCUT2D eigenvalue weighted by atomic mass is 10.0. The van der Waals surface area contributed by atoms with Crippen LogP contribution in [0.15, 0.2) is 12.1 Å². The third-order valence-corrected chi connectivity index (χ3v) is 2.46. The van der Waals surface area contributed by atoms with Crippen molar-refractivity contribution < 1.29 is 9.53 Å². The average Bonchev–Trinajstić information content (AvgIpc) is 2.36. The van der Waals surface area contributed by atoms with Gasteiger partial charge in [-0.2, -0.15) is 0 Å². The first-order chi connectivity index (χ1) is 7.98. The smallest absolute Gasteiger partial charge is 0.271 e. The molecule has 6 heteroatoms. The maximum absolute atomic E-state index is 11.2. The van der Waals surface area contributed by atoms with Crippen molar-refractivity contribution >= 4 is 5.91 Å². The zero-order valence-electron chi connectivity index (χ0n) is 10.4. The van der Waals surface area contributed by atoms with E-state index in [0.29, 0.717) is 12.5 Å². The molecule has 0 fully saturated rings. The Balaban J connectivity index is 2.60. The molecule has 0 aliphatic carbocycles. The first kappa shape index (κ1) is 13.4. The number of carbonyl (C=O) groups is 1. The van der Waals surface area contributed by atoms with Crippen LogP contribution < -0.4 is 15.8 Å². The third-order valence-electron chi connectivity index (χ3n) is 2.46. The third kappa shape index (κ3) is 3.99. The second-order valence-corrected chi connectivity index (χ2v) is 4.13. The summed E-state index contributed by atoms with van der Waals surface area (Å²) in [6.07, 6.45) is 0.802. The van der Waals surface area contributed by atoms with E-state index in [1.54, 1.807) is 12.1 Å². The van der Waals surface area contributed by atoms with Crippen molar-refractivity contribution in [3.63, 3.8) is 0 Å². The van der Waals surface area contributed by atoms with Crippen molar-refractivity contribution in [1.82, 2.24) is 15.5 Å². The summed E-state index contributed by atoms with van der Waals surface area (Å²) in [5, 5.41) is 10.0. The number of amides is 1. The molecule has 1 aromatic heterocycles. The van der Waals surface area contributed by atoms with Crippen molar-refractivity contribution in [3.05, 3.63) is 17.8 Å². The highest BCUT2D eigenvalue weighted by Crippen LogP contribution is 2.10. The summed E-state index contributed by atoms with van der Waals surface area (Å²) in [6, 6.07) is 3.16. The molecule has 1 heterocycles. The normalized spacial score (nSPS) is 13.9. The molecule has 94 valence electrons. The predicted octanol–water partition coefficient (Wildman–Crippen LogP) is 0.342. The van der Waals surface area contributed by atoms with Gasteiger partial charge in [-0.1, -0.05) is 6.92 Å². The molecule has 0 bridgehead atoms. The molecule has 0 spiro atoms. The summed E-state index contributed by atoms with van der Waals surface area (Å²) >= 11 is 0. The molecule has 3 N–H and O–H groups in total. The lowest BCUT2D eigenvalue weighted by Gasteiger charge is -2.22. The highest BCUT2D eigenvalue weighted by Gasteiger charge is 2.17. The number of rotatable bonds is 5. The minimum atomic E-state index is -0.388. The summed E-state index contributed by atoms with van der Waals surface area (Å²) in [5.41, 5.74) is 5.79. The summed E-state index contributed by atoms with van der Waals surface area (Å²) in [4.78, 5) is 11.2. The van der Waals surface area contributed by atoms with Gasteiger partial charge in [-0.25, -0.2) is 0 Å².